The molecular formula is C50H31NOS. The van der Waals surface area contributed by atoms with Crippen LogP contribution in [0.25, 0.3) is 85.9 Å². The fraction of sp³-hybridized carbons (Fsp3) is 0. The van der Waals surface area contributed by atoms with E-state index in [9.17, 15) is 0 Å². The van der Waals surface area contributed by atoms with Crippen LogP contribution in [0.15, 0.2) is 192 Å². The average Bonchev–Trinajstić information content (AvgIpc) is 3.81. The smallest absolute Gasteiger partial charge is 0.136 e. The molecule has 0 aliphatic rings. The van der Waals surface area contributed by atoms with Crippen LogP contribution >= 0.6 is 11.3 Å². The predicted octanol–water partition coefficient (Wildman–Crippen LogP) is 15.1. The Morgan fingerprint density at radius 2 is 1.08 bits per heavy atom. The van der Waals surface area contributed by atoms with Gasteiger partial charge in [-0.25, -0.2) is 0 Å². The normalized spacial score (nSPS) is 11.8. The minimum atomic E-state index is 0.896. The van der Waals surface area contributed by atoms with Crippen molar-refractivity contribution in [2.45, 2.75) is 0 Å². The summed E-state index contributed by atoms with van der Waals surface area (Å²) < 4.78 is 8.93. The molecule has 0 amide bonds. The molecule has 9 aromatic carbocycles. The van der Waals surface area contributed by atoms with Gasteiger partial charge in [0.25, 0.3) is 0 Å². The van der Waals surface area contributed by atoms with Gasteiger partial charge in [-0.05, 0) is 80.9 Å². The highest BCUT2D eigenvalue weighted by Crippen LogP contribution is 2.49. The second-order valence-corrected chi connectivity index (χ2v) is 14.7. The number of rotatable bonds is 5. The molecule has 53 heavy (non-hydrogen) atoms. The molecule has 0 saturated carbocycles. The van der Waals surface area contributed by atoms with Gasteiger partial charge in [0.1, 0.15) is 11.2 Å². The number of hydrogen-bond donors (Lipinski definition) is 0. The minimum Gasteiger partial charge on any atom is -0.456 e. The van der Waals surface area contributed by atoms with Gasteiger partial charge >= 0.3 is 0 Å². The van der Waals surface area contributed by atoms with Crippen molar-refractivity contribution in [3.05, 3.63) is 188 Å². The molecule has 0 radical (unpaired) electrons. The molecule has 11 rings (SSSR count). The predicted molar refractivity (Wildman–Crippen MR) is 227 cm³/mol. The first-order valence-corrected chi connectivity index (χ1v) is 18.8. The lowest BCUT2D eigenvalue weighted by molar-refractivity contribution is 0.669. The summed E-state index contributed by atoms with van der Waals surface area (Å²) in [6.45, 7) is 0. The van der Waals surface area contributed by atoms with Crippen LogP contribution in [0.5, 0.6) is 0 Å². The molecule has 11 aromatic rings. The summed E-state index contributed by atoms with van der Waals surface area (Å²) in [5.41, 5.74) is 9.87. The second kappa shape index (κ2) is 11.9. The number of fused-ring (bicyclic) bond motifs is 9. The first-order chi connectivity index (χ1) is 26.3. The van der Waals surface area contributed by atoms with Gasteiger partial charge in [0, 0.05) is 37.3 Å². The number of furan rings is 1. The molecule has 2 heterocycles. The van der Waals surface area contributed by atoms with E-state index in [-0.39, 0.29) is 0 Å². The topological polar surface area (TPSA) is 16.4 Å². The first-order valence-electron chi connectivity index (χ1n) is 18.0. The van der Waals surface area contributed by atoms with Gasteiger partial charge in [-0.1, -0.05) is 146 Å². The van der Waals surface area contributed by atoms with Gasteiger partial charge in [0.05, 0.1) is 16.1 Å². The maximum atomic E-state index is 6.37. The van der Waals surface area contributed by atoms with E-state index in [1.165, 1.54) is 58.5 Å². The maximum absolute atomic E-state index is 6.37. The Labute approximate surface area is 310 Å². The molecule has 0 atom stereocenters. The lowest BCUT2D eigenvalue weighted by Crippen LogP contribution is -2.11. The lowest BCUT2D eigenvalue weighted by Gasteiger charge is -2.29. The van der Waals surface area contributed by atoms with Gasteiger partial charge < -0.3 is 9.32 Å². The Bertz CT molecular complexity index is 3190. The third kappa shape index (κ3) is 4.71. The largest absolute Gasteiger partial charge is 0.456 e. The summed E-state index contributed by atoms with van der Waals surface area (Å²) in [6, 6.07) is 68.1. The van der Waals surface area contributed by atoms with Crippen LogP contribution in [0.3, 0.4) is 0 Å². The molecule has 0 bridgehead atoms. The zero-order valence-electron chi connectivity index (χ0n) is 28.7. The Kier molecular flexibility index (Phi) is 6.76. The van der Waals surface area contributed by atoms with Crippen LogP contribution in [0, 0.1) is 0 Å². The van der Waals surface area contributed by atoms with Crippen LogP contribution in [-0.2, 0) is 0 Å². The minimum absolute atomic E-state index is 0.896. The Hall–Kier alpha value is -6.68. The van der Waals surface area contributed by atoms with Gasteiger partial charge in [0.2, 0.25) is 0 Å². The Morgan fingerprint density at radius 3 is 1.96 bits per heavy atom. The van der Waals surface area contributed by atoms with Crippen LogP contribution in [0.4, 0.5) is 17.1 Å². The van der Waals surface area contributed by atoms with E-state index in [1.54, 1.807) is 0 Å². The molecule has 0 spiro atoms. The molecule has 248 valence electrons. The number of thiophene rings is 1. The van der Waals surface area contributed by atoms with Crippen LogP contribution in [0.2, 0.25) is 0 Å². The van der Waals surface area contributed by atoms with Gasteiger partial charge in [-0.15, -0.1) is 11.3 Å². The van der Waals surface area contributed by atoms with Gasteiger partial charge in [-0.3, -0.25) is 0 Å². The molecule has 0 aliphatic heterocycles. The van der Waals surface area contributed by atoms with E-state index in [4.69, 9.17) is 4.42 Å². The number of para-hydroxylation sites is 1. The van der Waals surface area contributed by atoms with Crippen LogP contribution < -0.4 is 4.90 Å². The summed E-state index contributed by atoms with van der Waals surface area (Å²) in [6.07, 6.45) is 0. The van der Waals surface area contributed by atoms with Crippen molar-refractivity contribution in [2.75, 3.05) is 4.90 Å². The van der Waals surface area contributed by atoms with Crippen LogP contribution in [0.1, 0.15) is 0 Å². The van der Waals surface area contributed by atoms with E-state index < -0.39 is 0 Å². The molecule has 0 aliphatic carbocycles. The highest BCUT2D eigenvalue weighted by atomic mass is 32.1. The zero-order chi connectivity index (χ0) is 34.9. The fourth-order valence-electron chi connectivity index (χ4n) is 8.30. The monoisotopic (exact) mass is 693 g/mol. The molecule has 0 saturated heterocycles. The highest BCUT2D eigenvalue weighted by Gasteiger charge is 2.23. The molecule has 0 fully saturated rings. The highest BCUT2D eigenvalue weighted by molar-refractivity contribution is 7.26. The van der Waals surface area contributed by atoms with Crippen LogP contribution in [-0.4, -0.2) is 0 Å². The number of anilines is 3. The molecular weight excluding hydrogens is 663 g/mol. The van der Waals surface area contributed by atoms with E-state index in [0.29, 0.717) is 0 Å². The lowest BCUT2D eigenvalue weighted by atomic mass is 9.91. The number of hydrogen-bond acceptors (Lipinski definition) is 3. The van der Waals surface area contributed by atoms with Crippen molar-refractivity contribution in [2.24, 2.45) is 0 Å². The zero-order valence-corrected chi connectivity index (χ0v) is 29.5. The van der Waals surface area contributed by atoms with Crippen molar-refractivity contribution in [3.63, 3.8) is 0 Å². The second-order valence-electron chi connectivity index (χ2n) is 13.6. The summed E-state index contributed by atoms with van der Waals surface area (Å²) in [5, 5.41) is 9.76. The quantitative estimate of drug-likeness (QED) is 0.167. The van der Waals surface area contributed by atoms with Crippen molar-refractivity contribution in [3.8, 4) is 22.3 Å². The Morgan fingerprint density at radius 1 is 0.396 bits per heavy atom. The van der Waals surface area contributed by atoms with Crippen molar-refractivity contribution in [1.29, 1.82) is 0 Å². The van der Waals surface area contributed by atoms with E-state index in [1.807, 2.05) is 17.4 Å². The third-order valence-corrected chi connectivity index (χ3v) is 11.9. The van der Waals surface area contributed by atoms with Crippen molar-refractivity contribution < 1.29 is 4.42 Å². The number of nitrogens with zero attached hydrogens (tertiary/aromatic N) is 1. The maximum Gasteiger partial charge on any atom is 0.136 e. The van der Waals surface area contributed by atoms with Crippen molar-refractivity contribution in [1.82, 2.24) is 0 Å². The molecule has 2 aromatic heterocycles. The standard InChI is InChI=1S/C50H31NOS/c1-2-14-32(15-3-1)43-31-34(28-29-37(43)40-22-13-26-47-49(40)42-21-8-10-25-46(42)52-47)51(44-24-12-23-41-39-20-9-11-27-48(39)53-50(41)44)45-30-33-16-4-5-17-35(33)36-18-6-7-19-38(36)45/h1-31H. The molecule has 2 nitrogen and oxygen atoms in total. The summed E-state index contributed by atoms with van der Waals surface area (Å²) in [4.78, 5) is 2.50. The van der Waals surface area contributed by atoms with E-state index in [2.05, 4.69) is 187 Å². The Balaban J connectivity index is 1.24. The van der Waals surface area contributed by atoms with E-state index >= 15 is 0 Å². The third-order valence-electron chi connectivity index (χ3n) is 10.7. The first kappa shape index (κ1) is 30.0. The van der Waals surface area contributed by atoms with E-state index in [0.717, 1.165) is 44.4 Å². The SMILES string of the molecule is c1ccc(-c2cc(N(c3cc4ccccc4c4ccccc34)c3cccc4c3sc3ccccc34)ccc2-c2cccc3oc4ccccc4c23)cc1. The van der Waals surface area contributed by atoms with Gasteiger partial charge in [-0.2, -0.15) is 0 Å². The molecule has 0 unspecified atom stereocenters. The summed E-state index contributed by atoms with van der Waals surface area (Å²) in [7, 11) is 0. The molecule has 0 N–H and O–H groups in total. The summed E-state index contributed by atoms with van der Waals surface area (Å²) >= 11 is 1.87. The van der Waals surface area contributed by atoms with Gasteiger partial charge in [0.15, 0.2) is 0 Å². The van der Waals surface area contributed by atoms with Crippen molar-refractivity contribution >= 4 is 92.1 Å². The summed E-state index contributed by atoms with van der Waals surface area (Å²) in [5.74, 6) is 0. The average molecular weight is 694 g/mol. The molecule has 3 heteroatoms. The fourth-order valence-corrected chi connectivity index (χ4v) is 9.50. The number of benzene rings is 9.